The molecule has 0 aromatic rings. The van der Waals surface area contributed by atoms with Crippen LogP contribution in [-0.4, -0.2) is 29.3 Å². The van der Waals surface area contributed by atoms with Gasteiger partial charge in [0.2, 0.25) is 0 Å². The van der Waals surface area contributed by atoms with Gasteiger partial charge in [0.15, 0.2) is 0 Å². The van der Waals surface area contributed by atoms with E-state index in [0.717, 1.165) is 0 Å². The van der Waals surface area contributed by atoms with Gasteiger partial charge in [0.25, 0.3) is 0 Å². The third-order valence-electron chi connectivity index (χ3n) is 3.61. The Morgan fingerprint density at radius 1 is 1.46 bits per heavy atom. The van der Waals surface area contributed by atoms with Gasteiger partial charge in [-0.3, -0.25) is 4.90 Å². The van der Waals surface area contributed by atoms with E-state index in [1.54, 1.807) is 0 Å². The highest BCUT2D eigenvalue weighted by Crippen LogP contribution is 2.43. The summed E-state index contributed by atoms with van der Waals surface area (Å²) in [5, 5.41) is 9.56. The topological polar surface area (TPSA) is 23.5 Å². The lowest BCUT2D eigenvalue weighted by molar-refractivity contribution is -0.0302. The Balaban J connectivity index is 2.75. The fraction of sp³-hybridized carbons (Fsp3) is 1.00. The quantitative estimate of drug-likeness (QED) is 0.666. The van der Waals surface area contributed by atoms with E-state index in [1.165, 1.54) is 12.8 Å². The molecule has 2 heteroatoms. The van der Waals surface area contributed by atoms with E-state index in [0.29, 0.717) is 17.4 Å². The van der Waals surface area contributed by atoms with Crippen LogP contribution in [0.1, 0.15) is 40.5 Å². The van der Waals surface area contributed by atoms with Gasteiger partial charge < -0.3 is 5.11 Å². The van der Waals surface area contributed by atoms with E-state index in [1.807, 2.05) is 14.0 Å². The number of nitrogens with zero attached hydrogens (tertiary/aromatic N) is 1. The van der Waals surface area contributed by atoms with Crippen LogP contribution in [0.25, 0.3) is 0 Å². The maximum absolute atomic E-state index is 9.56. The highest BCUT2D eigenvalue weighted by atomic mass is 16.3. The van der Waals surface area contributed by atoms with E-state index >= 15 is 0 Å². The molecular formula is C11H23NO. The minimum absolute atomic E-state index is 0.329. The normalized spacial score (nSPS) is 35.3. The Morgan fingerprint density at radius 2 is 2.00 bits per heavy atom. The van der Waals surface area contributed by atoms with Gasteiger partial charge in [0.05, 0.1) is 0 Å². The van der Waals surface area contributed by atoms with Crippen molar-refractivity contribution >= 4 is 0 Å². The van der Waals surface area contributed by atoms with Crippen LogP contribution >= 0.6 is 0 Å². The molecule has 1 fully saturated rings. The van der Waals surface area contributed by atoms with Crippen molar-refractivity contribution in [2.45, 2.75) is 52.8 Å². The Morgan fingerprint density at radius 3 is 2.31 bits per heavy atom. The molecule has 1 rings (SSSR count). The standard InChI is InChI=1S/C11H23NO/c1-8-6-7-11(3,4)10(8)12(5)9(2)13/h8-10,13H,6-7H2,1-5H3. The molecule has 3 atom stereocenters. The van der Waals surface area contributed by atoms with Gasteiger partial charge in [-0.2, -0.15) is 0 Å². The van der Waals surface area contributed by atoms with Crippen molar-refractivity contribution in [1.82, 2.24) is 4.90 Å². The van der Waals surface area contributed by atoms with Crippen LogP contribution in [-0.2, 0) is 0 Å². The smallest absolute Gasteiger partial charge is 0.104 e. The summed E-state index contributed by atoms with van der Waals surface area (Å²) in [4.78, 5) is 2.11. The van der Waals surface area contributed by atoms with Crippen LogP contribution in [0.5, 0.6) is 0 Å². The fourth-order valence-corrected chi connectivity index (χ4v) is 2.86. The average molecular weight is 185 g/mol. The molecule has 3 unspecified atom stereocenters. The Hall–Kier alpha value is -0.0800. The molecule has 78 valence electrons. The number of hydrogen-bond acceptors (Lipinski definition) is 2. The van der Waals surface area contributed by atoms with Crippen molar-refractivity contribution in [3.05, 3.63) is 0 Å². The molecule has 1 aliphatic rings. The summed E-state index contributed by atoms with van der Waals surface area (Å²) in [5.74, 6) is 0.703. The molecule has 1 saturated carbocycles. The van der Waals surface area contributed by atoms with Gasteiger partial charge in [-0.25, -0.2) is 0 Å². The van der Waals surface area contributed by atoms with Gasteiger partial charge in [-0.15, -0.1) is 0 Å². The summed E-state index contributed by atoms with van der Waals surface area (Å²) < 4.78 is 0. The minimum atomic E-state index is -0.329. The summed E-state index contributed by atoms with van der Waals surface area (Å²) in [6.45, 7) is 8.75. The first-order valence-electron chi connectivity index (χ1n) is 5.26. The summed E-state index contributed by atoms with van der Waals surface area (Å²) in [5.41, 5.74) is 0.352. The van der Waals surface area contributed by atoms with Gasteiger partial charge >= 0.3 is 0 Å². The third-order valence-corrected chi connectivity index (χ3v) is 3.61. The first-order chi connectivity index (χ1) is 5.86. The van der Waals surface area contributed by atoms with Crippen molar-refractivity contribution in [3.8, 4) is 0 Å². The van der Waals surface area contributed by atoms with Gasteiger partial charge in [0.1, 0.15) is 6.23 Å². The average Bonchev–Trinajstić information content (AvgIpc) is 2.25. The molecule has 0 aromatic heterocycles. The maximum atomic E-state index is 9.56. The molecule has 0 amide bonds. The zero-order valence-electron chi connectivity index (χ0n) is 9.54. The lowest BCUT2D eigenvalue weighted by Crippen LogP contribution is -2.46. The Bertz CT molecular complexity index is 177. The molecule has 1 aliphatic carbocycles. The molecule has 0 bridgehead atoms. The molecule has 0 heterocycles. The lowest BCUT2D eigenvalue weighted by atomic mass is 9.84. The molecule has 2 nitrogen and oxygen atoms in total. The van der Waals surface area contributed by atoms with Crippen molar-refractivity contribution < 1.29 is 5.11 Å². The second kappa shape index (κ2) is 3.58. The molecular weight excluding hydrogens is 162 g/mol. The molecule has 0 spiro atoms. The second-order valence-electron chi connectivity index (χ2n) is 5.25. The molecule has 0 radical (unpaired) electrons. The minimum Gasteiger partial charge on any atom is -0.379 e. The van der Waals surface area contributed by atoms with Crippen LogP contribution in [0, 0.1) is 11.3 Å². The van der Waals surface area contributed by atoms with E-state index in [-0.39, 0.29) is 6.23 Å². The molecule has 13 heavy (non-hydrogen) atoms. The number of rotatable bonds is 2. The first-order valence-corrected chi connectivity index (χ1v) is 5.26. The number of hydrogen-bond donors (Lipinski definition) is 1. The number of aliphatic hydroxyl groups excluding tert-OH is 1. The van der Waals surface area contributed by atoms with Crippen molar-refractivity contribution in [3.63, 3.8) is 0 Å². The first kappa shape index (κ1) is 11.0. The van der Waals surface area contributed by atoms with Crippen LogP contribution in [0.15, 0.2) is 0 Å². The highest BCUT2D eigenvalue weighted by molar-refractivity contribution is 4.95. The van der Waals surface area contributed by atoms with Crippen molar-refractivity contribution in [1.29, 1.82) is 0 Å². The zero-order valence-corrected chi connectivity index (χ0v) is 9.54. The maximum Gasteiger partial charge on any atom is 0.104 e. The van der Waals surface area contributed by atoms with E-state index in [2.05, 4.69) is 25.7 Å². The Kier molecular flexibility index (Phi) is 3.03. The van der Waals surface area contributed by atoms with Crippen LogP contribution < -0.4 is 0 Å². The molecule has 0 saturated heterocycles. The van der Waals surface area contributed by atoms with E-state index in [4.69, 9.17) is 0 Å². The Labute approximate surface area is 81.9 Å². The lowest BCUT2D eigenvalue weighted by Gasteiger charge is -2.39. The van der Waals surface area contributed by atoms with Crippen LogP contribution in [0.3, 0.4) is 0 Å². The van der Waals surface area contributed by atoms with Crippen LogP contribution in [0.4, 0.5) is 0 Å². The zero-order chi connectivity index (χ0) is 10.2. The van der Waals surface area contributed by atoms with Crippen LogP contribution in [0.2, 0.25) is 0 Å². The molecule has 0 aromatic carbocycles. The predicted molar refractivity (Wildman–Crippen MR) is 55.4 cm³/mol. The molecule has 1 N–H and O–H groups in total. The summed E-state index contributed by atoms with van der Waals surface area (Å²) in [6, 6.07) is 0.521. The fourth-order valence-electron chi connectivity index (χ4n) is 2.86. The van der Waals surface area contributed by atoms with E-state index < -0.39 is 0 Å². The van der Waals surface area contributed by atoms with Crippen molar-refractivity contribution in [2.24, 2.45) is 11.3 Å². The third kappa shape index (κ3) is 2.05. The summed E-state index contributed by atoms with van der Waals surface area (Å²) in [6.07, 6.45) is 2.23. The van der Waals surface area contributed by atoms with E-state index in [9.17, 15) is 5.11 Å². The SMILES string of the molecule is CC1CCC(C)(C)C1N(C)C(C)O. The van der Waals surface area contributed by atoms with Gasteiger partial charge in [0, 0.05) is 6.04 Å². The second-order valence-corrected chi connectivity index (χ2v) is 5.25. The summed E-state index contributed by atoms with van der Waals surface area (Å²) >= 11 is 0. The van der Waals surface area contributed by atoms with Crippen molar-refractivity contribution in [2.75, 3.05) is 7.05 Å². The summed E-state index contributed by atoms with van der Waals surface area (Å²) in [7, 11) is 2.03. The number of aliphatic hydroxyl groups is 1. The predicted octanol–water partition coefficient (Wildman–Crippen LogP) is 2.08. The molecule has 0 aliphatic heterocycles. The van der Waals surface area contributed by atoms with Gasteiger partial charge in [-0.1, -0.05) is 20.8 Å². The largest absolute Gasteiger partial charge is 0.379 e. The van der Waals surface area contributed by atoms with Gasteiger partial charge in [-0.05, 0) is 38.1 Å². The highest BCUT2D eigenvalue weighted by Gasteiger charge is 2.42. The monoisotopic (exact) mass is 185 g/mol.